The van der Waals surface area contributed by atoms with Crippen molar-refractivity contribution in [2.75, 3.05) is 40.9 Å². The van der Waals surface area contributed by atoms with Gasteiger partial charge in [0.05, 0.1) is 39.9 Å². The van der Waals surface area contributed by atoms with E-state index in [-0.39, 0.29) is 19.1 Å². The van der Waals surface area contributed by atoms with Crippen molar-refractivity contribution in [1.82, 2.24) is 5.32 Å². The molecule has 0 bridgehead atoms. The third kappa shape index (κ3) is 63.4. The van der Waals surface area contributed by atoms with Crippen LogP contribution in [0.5, 0.6) is 0 Å². The van der Waals surface area contributed by atoms with E-state index < -0.39 is 20.0 Å². The summed E-state index contributed by atoms with van der Waals surface area (Å²) in [5.41, 5.74) is 0. The van der Waals surface area contributed by atoms with Gasteiger partial charge in [-0.3, -0.25) is 9.36 Å². The quantitative estimate of drug-likeness (QED) is 0.0272. The molecule has 79 heavy (non-hydrogen) atoms. The van der Waals surface area contributed by atoms with Crippen molar-refractivity contribution in [2.45, 2.75) is 328 Å². The van der Waals surface area contributed by atoms with Gasteiger partial charge in [-0.05, 0) is 64.2 Å². The Morgan fingerprint density at radius 3 is 1.13 bits per heavy atom. The maximum Gasteiger partial charge on any atom is 0.268 e. The number of quaternary nitrogens is 1. The Labute approximate surface area is 491 Å². The minimum absolute atomic E-state index is 0.000317. The van der Waals surface area contributed by atoms with Crippen molar-refractivity contribution in [3.63, 3.8) is 0 Å². The summed E-state index contributed by atoms with van der Waals surface area (Å²) < 4.78 is 23.4. The van der Waals surface area contributed by atoms with Crippen LogP contribution in [0.1, 0.15) is 316 Å². The number of phosphoric acid groups is 1. The third-order valence-corrected chi connectivity index (χ3v) is 16.1. The Hall–Kier alpha value is -2.06. The molecule has 0 aliphatic heterocycles. The number of phosphoric ester groups is 1. The highest BCUT2D eigenvalue weighted by atomic mass is 31.2. The number of aliphatic hydroxyl groups is 1. The van der Waals surface area contributed by atoms with Crippen LogP contribution in [-0.2, 0) is 18.4 Å². The Morgan fingerprint density at radius 2 is 0.772 bits per heavy atom. The van der Waals surface area contributed by atoms with Crippen LogP contribution < -0.4 is 10.2 Å². The lowest BCUT2D eigenvalue weighted by Crippen LogP contribution is -2.45. The topological polar surface area (TPSA) is 108 Å². The molecule has 3 unspecified atom stereocenters. The predicted molar refractivity (Wildman–Crippen MR) is 344 cm³/mol. The van der Waals surface area contributed by atoms with Gasteiger partial charge < -0.3 is 28.8 Å². The first-order valence-electron chi connectivity index (χ1n) is 33.8. The zero-order valence-corrected chi connectivity index (χ0v) is 53.7. The minimum atomic E-state index is -4.60. The molecule has 0 fully saturated rings. The first-order chi connectivity index (χ1) is 38.5. The highest BCUT2D eigenvalue weighted by Gasteiger charge is 2.23. The summed E-state index contributed by atoms with van der Waals surface area (Å²) in [6.07, 6.45) is 84.5. The van der Waals surface area contributed by atoms with Gasteiger partial charge in [-0.15, -0.1) is 0 Å². The van der Waals surface area contributed by atoms with Crippen molar-refractivity contribution >= 4 is 13.7 Å². The summed E-state index contributed by atoms with van der Waals surface area (Å²) in [4.78, 5) is 25.6. The zero-order chi connectivity index (χ0) is 57.7. The van der Waals surface area contributed by atoms with Crippen molar-refractivity contribution in [1.29, 1.82) is 0 Å². The van der Waals surface area contributed by atoms with Gasteiger partial charge in [0.2, 0.25) is 5.91 Å². The average molecular weight is 1130 g/mol. The molecule has 0 saturated heterocycles. The highest BCUT2D eigenvalue weighted by Crippen LogP contribution is 2.38. The fourth-order valence-corrected chi connectivity index (χ4v) is 10.7. The number of carbonyl (C=O) groups excluding carboxylic acids is 1. The van der Waals surface area contributed by atoms with E-state index in [9.17, 15) is 19.4 Å². The number of likely N-dealkylation sites (N-methyl/N-ethyl adjacent to an activating group) is 1. The number of hydrogen-bond donors (Lipinski definition) is 2. The van der Waals surface area contributed by atoms with Gasteiger partial charge in [-0.1, -0.05) is 318 Å². The van der Waals surface area contributed by atoms with E-state index in [0.29, 0.717) is 17.4 Å². The lowest BCUT2D eigenvalue weighted by molar-refractivity contribution is -0.870. The molecule has 2 N–H and O–H groups in total. The Morgan fingerprint density at radius 1 is 0.456 bits per heavy atom. The Bertz CT molecular complexity index is 1520. The van der Waals surface area contributed by atoms with Gasteiger partial charge in [-0.25, -0.2) is 0 Å². The van der Waals surface area contributed by atoms with Crippen LogP contribution in [-0.4, -0.2) is 68.5 Å². The third-order valence-electron chi connectivity index (χ3n) is 15.2. The number of amides is 1. The Balaban J connectivity index is 3.95. The van der Waals surface area contributed by atoms with Gasteiger partial charge in [0, 0.05) is 6.42 Å². The van der Waals surface area contributed by atoms with E-state index in [1.165, 1.54) is 225 Å². The molecule has 0 rings (SSSR count). The fourth-order valence-electron chi connectivity index (χ4n) is 9.95. The molecule has 462 valence electrons. The van der Waals surface area contributed by atoms with E-state index in [1.54, 1.807) is 6.08 Å². The second kappa shape index (κ2) is 60.5. The minimum Gasteiger partial charge on any atom is -0.756 e. The number of unbranched alkanes of at least 4 members (excludes halogenated alkanes) is 39. The molecule has 0 aliphatic rings. The summed E-state index contributed by atoms with van der Waals surface area (Å²) in [6.45, 7) is 4.57. The molecule has 0 aliphatic carbocycles. The molecule has 0 radical (unpaired) electrons. The van der Waals surface area contributed by atoms with Crippen LogP contribution in [0.25, 0.3) is 0 Å². The van der Waals surface area contributed by atoms with Crippen molar-refractivity contribution in [2.24, 2.45) is 0 Å². The lowest BCUT2D eigenvalue weighted by Gasteiger charge is -2.29. The molecule has 0 aromatic heterocycles. The first-order valence-corrected chi connectivity index (χ1v) is 35.3. The molecule has 3 atom stereocenters. The number of allylic oxidation sites excluding steroid dienone is 11. The zero-order valence-electron chi connectivity index (χ0n) is 52.8. The summed E-state index contributed by atoms with van der Waals surface area (Å²) in [5, 5.41) is 13.9. The summed E-state index contributed by atoms with van der Waals surface area (Å²) in [7, 11) is 1.27. The lowest BCUT2D eigenvalue weighted by atomic mass is 10.0. The maximum atomic E-state index is 13.0. The number of aliphatic hydroxyl groups excluding tert-OH is 1. The van der Waals surface area contributed by atoms with E-state index >= 15 is 0 Å². The largest absolute Gasteiger partial charge is 0.756 e. The van der Waals surface area contributed by atoms with Gasteiger partial charge in [-0.2, -0.15) is 0 Å². The molecule has 0 spiro atoms. The monoisotopic (exact) mass is 1130 g/mol. The molecule has 9 heteroatoms. The smallest absolute Gasteiger partial charge is 0.268 e. The standard InChI is InChI=1S/C70H131N2O6P/c1-6-8-10-12-14-16-18-20-22-24-26-27-28-29-30-31-32-33-34-35-36-37-38-39-40-41-42-43-44-45-46-48-50-52-54-56-58-60-62-64-70(74)71-68(67-78-79(75,76)77-66-65-72(3,4)5)69(73)63-61-59-57-55-53-51-49-47-25-23-21-19-17-15-13-11-9-7-2/h8,10,14,16,20,22,26-27,29-30,61,63,68-69,73H,6-7,9,11-13,15,17-19,21,23-25,28,31-60,62,64-67H2,1-5H3,(H-,71,74,75,76)/b10-8-,16-14-,22-20-,27-26-,30-29-,63-61+. The number of nitrogens with one attached hydrogen (secondary N) is 1. The van der Waals surface area contributed by atoms with Crippen LogP contribution in [0, 0.1) is 0 Å². The summed E-state index contributed by atoms with van der Waals surface area (Å²) in [6, 6.07) is -0.887. The molecule has 1 amide bonds. The van der Waals surface area contributed by atoms with Gasteiger partial charge >= 0.3 is 0 Å². The molecular weight excluding hydrogens is 996 g/mol. The summed E-state index contributed by atoms with van der Waals surface area (Å²) in [5.74, 6) is -0.193. The molecular formula is C70H131N2O6P. The highest BCUT2D eigenvalue weighted by molar-refractivity contribution is 7.45. The molecule has 0 aromatic rings. The van der Waals surface area contributed by atoms with Crippen molar-refractivity contribution in [3.05, 3.63) is 72.9 Å². The normalized spacial score (nSPS) is 14.2. The van der Waals surface area contributed by atoms with E-state index in [0.717, 1.165) is 70.6 Å². The number of rotatable bonds is 62. The van der Waals surface area contributed by atoms with E-state index in [1.807, 2.05) is 27.2 Å². The van der Waals surface area contributed by atoms with Crippen LogP contribution in [0.2, 0.25) is 0 Å². The summed E-state index contributed by atoms with van der Waals surface area (Å²) >= 11 is 0. The van der Waals surface area contributed by atoms with Gasteiger partial charge in [0.15, 0.2) is 0 Å². The van der Waals surface area contributed by atoms with E-state index in [4.69, 9.17) is 9.05 Å². The number of nitrogens with zero attached hydrogens (tertiary/aromatic N) is 1. The molecule has 0 heterocycles. The van der Waals surface area contributed by atoms with Gasteiger partial charge in [0.1, 0.15) is 13.2 Å². The molecule has 0 aromatic carbocycles. The first kappa shape index (κ1) is 76.9. The van der Waals surface area contributed by atoms with Crippen LogP contribution in [0.4, 0.5) is 0 Å². The maximum absolute atomic E-state index is 13.0. The van der Waals surface area contributed by atoms with Gasteiger partial charge in [0.25, 0.3) is 7.82 Å². The van der Waals surface area contributed by atoms with Crippen LogP contribution >= 0.6 is 7.82 Å². The van der Waals surface area contributed by atoms with Crippen LogP contribution in [0.3, 0.4) is 0 Å². The second-order valence-electron chi connectivity index (χ2n) is 24.2. The second-order valence-corrected chi connectivity index (χ2v) is 25.6. The predicted octanol–water partition coefficient (Wildman–Crippen LogP) is 20.8. The fraction of sp³-hybridized carbons (Fsp3) is 0.814. The van der Waals surface area contributed by atoms with Crippen LogP contribution in [0.15, 0.2) is 72.9 Å². The average Bonchev–Trinajstić information content (AvgIpc) is 3.42. The van der Waals surface area contributed by atoms with Crippen molar-refractivity contribution in [3.8, 4) is 0 Å². The SMILES string of the molecule is CC/C=C\C/C=C\C/C=C\C/C=C\C/C=C\CCCCCCCCCCCCCCCCCCCCCCCCCC(=O)NC(COP(=O)([O-])OCC[N+](C)(C)C)C(O)/C=C/CCCCCCCCCCCCCCCCCC. The van der Waals surface area contributed by atoms with Crippen molar-refractivity contribution < 1.29 is 32.9 Å². The number of carbonyl (C=O) groups is 1. The number of hydrogen-bond acceptors (Lipinski definition) is 6. The molecule has 0 saturated carbocycles. The Kier molecular flexibility index (Phi) is 59.0. The molecule has 8 nitrogen and oxygen atoms in total. The van der Waals surface area contributed by atoms with E-state index in [2.05, 4.69) is 79.9 Å².